The van der Waals surface area contributed by atoms with Crippen LogP contribution in [0.25, 0.3) is 10.2 Å². The molecule has 0 unspecified atom stereocenters. The summed E-state index contributed by atoms with van der Waals surface area (Å²) in [5.41, 5.74) is 1.19. The lowest BCUT2D eigenvalue weighted by molar-refractivity contribution is 1.07. The van der Waals surface area contributed by atoms with E-state index in [2.05, 4.69) is 35.9 Å². The van der Waals surface area contributed by atoms with Crippen LogP contribution in [0.5, 0.6) is 0 Å². The Labute approximate surface area is 131 Å². The first-order valence-electron chi connectivity index (χ1n) is 6.25. The maximum Gasteiger partial charge on any atom is 0.142 e. The van der Waals surface area contributed by atoms with Crippen LogP contribution in [0.15, 0.2) is 35.2 Å². The number of thiophene rings is 1. The molecule has 102 valence electrons. The van der Waals surface area contributed by atoms with Gasteiger partial charge in [0.25, 0.3) is 0 Å². The van der Waals surface area contributed by atoms with Gasteiger partial charge < -0.3 is 0 Å². The Bertz CT molecular complexity index is 753. The van der Waals surface area contributed by atoms with E-state index in [1.807, 2.05) is 18.2 Å². The van der Waals surface area contributed by atoms with E-state index >= 15 is 0 Å². The van der Waals surface area contributed by atoms with E-state index in [1.54, 1.807) is 23.1 Å². The molecule has 3 rings (SSSR count). The zero-order chi connectivity index (χ0) is 14.1. The van der Waals surface area contributed by atoms with Gasteiger partial charge in [0.1, 0.15) is 15.8 Å². The van der Waals surface area contributed by atoms with Crippen molar-refractivity contribution in [2.24, 2.45) is 0 Å². The van der Waals surface area contributed by atoms with Crippen molar-refractivity contribution in [1.82, 2.24) is 9.97 Å². The Morgan fingerprint density at radius 1 is 1.15 bits per heavy atom. The summed E-state index contributed by atoms with van der Waals surface area (Å²) in [5.74, 6) is 1.52. The number of hydrogen-bond donors (Lipinski definition) is 0. The zero-order valence-electron chi connectivity index (χ0n) is 11.2. The molecule has 0 saturated heterocycles. The molecule has 2 nitrogen and oxygen atoms in total. The van der Waals surface area contributed by atoms with Gasteiger partial charge in [-0.3, -0.25) is 0 Å². The normalized spacial score (nSPS) is 11.2. The van der Waals surface area contributed by atoms with E-state index in [9.17, 15) is 0 Å². The Morgan fingerprint density at radius 2 is 1.90 bits per heavy atom. The van der Waals surface area contributed by atoms with Gasteiger partial charge in [0.05, 0.1) is 11.1 Å². The van der Waals surface area contributed by atoms with Crippen molar-refractivity contribution >= 4 is 44.9 Å². The van der Waals surface area contributed by atoms with E-state index in [0.717, 1.165) is 21.8 Å². The van der Waals surface area contributed by atoms with Crippen LogP contribution < -0.4 is 0 Å². The lowest BCUT2D eigenvalue weighted by Crippen LogP contribution is -1.93. The number of rotatable bonds is 3. The monoisotopic (exact) mass is 320 g/mol. The van der Waals surface area contributed by atoms with Gasteiger partial charge in [0.15, 0.2) is 0 Å². The number of benzene rings is 1. The van der Waals surface area contributed by atoms with Crippen LogP contribution in [-0.2, 0) is 5.75 Å². The van der Waals surface area contributed by atoms with Crippen molar-refractivity contribution in [3.05, 3.63) is 51.7 Å². The molecule has 3 aromatic rings. The van der Waals surface area contributed by atoms with E-state index in [1.165, 1.54) is 15.3 Å². The first-order chi connectivity index (χ1) is 9.65. The molecule has 0 amide bonds. The van der Waals surface area contributed by atoms with Gasteiger partial charge in [-0.1, -0.05) is 29.8 Å². The average molecular weight is 321 g/mol. The highest BCUT2D eigenvalue weighted by Gasteiger charge is 2.13. The van der Waals surface area contributed by atoms with E-state index in [-0.39, 0.29) is 0 Å². The van der Waals surface area contributed by atoms with Gasteiger partial charge in [-0.15, -0.1) is 23.1 Å². The first-order valence-corrected chi connectivity index (χ1v) is 8.43. The molecule has 0 saturated carbocycles. The van der Waals surface area contributed by atoms with Gasteiger partial charge in [-0.25, -0.2) is 9.97 Å². The molecule has 0 N–H and O–H groups in total. The summed E-state index contributed by atoms with van der Waals surface area (Å²) in [4.78, 5) is 12.5. The summed E-state index contributed by atoms with van der Waals surface area (Å²) in [6.07, 6.45) is 0. The molecule has 0 spiro atoms. The Hall–Kier alpha value is -1.10. The van der Waals surface area contributed by atoms with Crippen molar-refractivity contribution in [3.63, 3.8) is 0 Å². The summed E-state index contributed by atoms with van der Waals surface area (Å²) in [6.45, 7) is 4.16. The average Bonchev–Trinajstić information content (AvgIpc) is 2.73. The fourth-order valence-electron chi connectivity index (χ4n) is 1.97. The molecule has 0 aliphatic rings. The van der Waals surface area contributed by atoms with E-state index < -0.39 is 0 Å². The maximum atomic E-state index is 6.31. The van der Waals surface area contributed by atoms with Crippen LogP contribution >= 0.6 is 34.7 Å². The molecule has 2 heterocycles. The second-order valence-electron chi connectivity index (χ2n) is 4.50. The molecule has 2 aromatic heterocycles. The smallest absolute Gasteiger partial charge is 0.142 e. The van der Waals surface area contributed by atoms with Crippen molar-refractivity contribution in [1.29, 1.82) is 0 Å². The first kappa shape index (κ1) is 13.9. The fourth-order valence-corrected chi connectivity index (χ4v) is 4.18. The van der Waals surface area contributed by atoms with Gasteiger partial charge in [0, 0.05) is 9.77 Å². The highest BCUT2D eigenvalue weighted by molar-refractivity contribution is 7.98. The van der Waals surface area contributed by atoms with Gasteiger partial charge in [-0.2, -0.15) is 0 Å². The predicted octanol–water partition coefficient (Wildman–Crippen LogP) is 5.25. The molecule has 0 aliphatic heterocycles. The number of hydrogen-bond acceptors (Lipinski definition) is 4. The minimum Gasteiger partial charge on any atom is -0.221 e. The molecule has 0 atom stereocenters. The summed E-state index contributed by atoms with van der Waals surface area (Å²) in [6, 6.07) is 10.3. The Morgan fingerprint density at radius 3 is 2.65 bits per heavy atom. The van der Waals surface area contributed by atoms with Crippen molar-refractivity contribution in [3.8, 4) is 0 Å². The minimum atomic E-state index is 0.570. The Balaban J connectivity index is 1.89. The molecular weight excluding hydrogens is 308 g/mol. The summed E-state index contributed by atoms with van der Waals surface area (Å²) in [7, 11) is 0. The fraction of sp³-hybridized carbons (Fsp3) is 0.200. The summed E-state index contributed by atoms with van der Waals surface area (Å²) >= 11 is 9.72. The second-order valence-corrected chi connectivity index (χ2v) is 7.11. The van der Waals surface area contributed by atoms with Crippen LogP contribution in [0, 0.1) is 13.8 Å². The molecule has 20 heavy (non-hydrogen) atoms. The molecule has 1 aromatic carbocycles. The Kier molecular flexibility index (Phi) is 3.96. The van der Waals surface area contributed by atoms with Gasteiger partial charge in [0.2, 0.25) is 0 Å². The topological polar surface area (TPSA) is 25.8 Å². The zero-order valence-corrected chi connectivity index (χ0v) is 13.6. The molecule has 5 heteroatoms. The minimum absolute atomic E-state index is 0.570. The van der Waals surface area contributed by atoms with Crippen LogP contribution in [0.1, 0.15) is 16.3 Å². The predicted molar refractivity (Wildman–Crippen MR) is 87.9 cm³/mol. The number of aromatic nitrogens is 2. The second kappa shape index (κ2) is 5.72. The molecule has 0 radical (unpaired) electrons. The highest BCUT2D eigenvalue weighted by Crippen LogP contribution is 2.33. The highest BCUT2D eigenvalue weighted by atomic mass is 35.5. The largest absolute Gasteiger partial charge is 0.221 e. The lowest BCUT2D eigenvalue weighted by Gasteiger charge is -2.02. The third-order valence-electron chi connectivity index (χ3n) is 3.14. The SMILES string of the molecule is Cc1sc2nc(CSc3ccccc3)nc(Cl)c2c1C. The number of nitrogens with zero attached hydrogens (tertiary/aromatic N) is 2. The van der Waals surface area contributed by atoms with Crippen molar-refractivity contribution < 1.29 is 0 Å². The third-order valence-corrected chi connectivity index (χ3v) is 5.52. The number of aryl methyl sites for hydroxylation is 2. The number of fused-ring (bicyclic) bond motifs is 1. The number of halogens is 1. The maximum absolute atomic E-state index is 6.31. The summed E-state index contributed by atoms with van der Waals surface area (Å²) in [5, 5.41) is 1.57. The van der Waals surface area contributed by atoms with Crippen molar-refractivity contribution in [2.75, 3.05) is 0 Å². The standard InChI is InChI=1S/C15H13ClN2S2/c1-9-10(2)20-15-13(9)14(16)17-12(18-15)8-19-11-6-4-3-5-7-11/h3-7H,8H2,1-2H3. The quantitative estimate of drug-likeness (QED) is 0.486. The molecule has 0 fully saturated rings. The molecule has 0 bridgehead atoms. The van der Waals surface area contributed by atoms with Gasteiger partial charge in [-0.05, 0) is 31.5 Å². The molecular formula is C15H13ClN2S2. The van der Waals surface area contributed by atoms with Crippen molar-refractivity contribution in [2.45, 2.75) is 24.5 Å². The van der Waals surface area contributed by atoms with E-state index in [4.69, 9.17) is 11.6 Å². The van der Waals surface area contributed by atoms with Crippen LogP contribution in [0.2, 0.25) is 5.15 Å². The van der Waals surface area contributed by atoms with Crippen LogP contribution in [0.4, 0.5) is 0 Å². The van der Waals surface area contributed by atoms with Crippen LogP contribution in [0.3, 0.4) is 0 Å². The third kappa shape index (κ3) is 2.68. The van der Waals surface area contributed by atoms with Crippen LogP contribution in [-0.4, -0.2) is 9.97 Å². The van der Waals surface area contributed by atoms with Gasteiger partial charge >= 0.3 is 0 Å². The summed E-state index contributed by atoms with van der Waals surface area (Å²) < 4.78 is 0. The lowest BCUT2D eigenvalue weighted by atomic mass is 10.2. The number of thioether (sulfide) groups is 1. The molecule has 0 aliphatic carbocycles. The van der Waals surface area contributed by atoms with E-state index in [0.29, 0.717) is 5.15 Å².